The molecule has 0 aliphatic carbocycles. The van der Waals surface area contributed by atoms with Crippen molar-refractivity contribution in [2.24, 2.45) is 0 Å². The number of rotatable bonds is 5. The number of nitrogens with zero attached hydrogens (tertiary/aromatic N) is 3. The van der Waals surface area contributed by atoms with Crippen molar-refractivity contribution in [3.63, 3.8) is 0 Å². The summed E-state index contributed by atoms with van der Waals surface area (Å²) in [6, 6.07) is 11.6. The molecule has 0 radical (unpaired) electrons. The van der Waals surface area contributed by atoms with Crippen LogP contribution in [0.25, 0.3) is 5.82 Å². The molecular weight excluding hydrogens is 344 g/mol. The van der Waals surface area contributed by atoms with Crippen molar-refractivity contribution < 1.29 is 15.0 Å². The number of nitrogens with one attached hydrogen (secondary N) is 1. The van der Waals surface area contributed by atoms with Crippen molar-refractivity contribution in [1.29, 1.82) is 0 Å². The van der Waals surface area contributed by atoms with Crippen molar-refractivity contribution in [2.45, 2.75) is 6.42 Å². The predicted molar refractivity (Wildman–Crippen MR) is 93.2 cm³/mol. The molecule has 128 valence electrons. The third kappa shape index (κ3) is 3.96. The third-order valence-corrected chi connectivity index (χ3v) is 3.66. The van der Waals surface area contributed by atoms with E-state index < -0.39 is 5.91 Å². The summed E-state index contributed by atoms with van der Waals surface area (Å²) in [6.45, 7) is 0.0315. The molecule has 0 fully saturated rings. The molecule has 1 amide bonds. The molecule has 25 heavy (non-hydrogen) atoms. The van der Waals surface area contributed by atoms with Crippen LogP contribution in [0.5, 0.6) is 5.88 Å². The normalized spacial score (nSPS) is 10.6. The molecule has 3 aromatic rings. The Hall–Kier alpha value is -2.90. The van der Waals surface area contributed by atoms with E-state index in [4.69, 9.17) is 16.7 Å². The van der Waals surface area contributed by atoms with Crippen LogP contribution >= 0.6 is 11.6 Å². The van der Waals surface area contributed by atoms with Gasteiger partial charge in [0.25, 0.3) is 5.91 Å². The fraction of sp³-hybridized carbons (Fsp3) is 0.118. The number of aliphatic hydroxyl groups is 1. The molecule has 1 aromatic carbocycles. The highest BCUT2D eigenvalue weighted by Gasteiger charge is 2.16. The highest BCUT2D eigenvalue weighted by molar-refractivity contribution is 6.30. The summed E-state index contributed by atoms with van der Waals surface area (Å²) < 4.78 is 1.15. The lowest BCUT2D eigenvalue weighted by Crippen LogP contribution is -2.13. The molecule has 3 N–H and O–H groups in total. The molecule has 7 nitrogen and oxygen atoms in total. The number of pyridine rings is 1. The van der Waals surface area contributed by atoms with Crippen LogP contribution in [0.15, 0.2) is 48.7 Å². The van der Waals surface area contributed by atoms with Gasteiger partial charge in [-0.2, -0.15) is 9.78 Å². The molecule has 0 aliphatic rings. The first-order valence-corrected chi connectivity index (χ1v) is 7.87. The van der Waals surface area contributed by atoms with Crippen molar-refractivity contribution in [2.75, 3.05) is 11.9 Å². The second kappa shape index (κ2) is 7.33. The fourth-order valence-electron chi connectivity index (χ4n) is 2.27. The second-order valence-electron chi connectivity index (χ2n) is 5.26. The Morgan fingerprint density at radius 1 is 1.24 bits per heavy atom. The molecule has 3 rings (SSSR count). The number of benzene rings is 1. The van der Waals surface area contributed by atoms with E-state index >= 15 is 0 Å². The minimum absolute atomic E-state index is 0.0315. The topological polar surface area (TPSA) is 100 Å². The van der Waals surface area contributed by atoms with E-state index in [0.29, 0.717) is 22.9 Å². The lowest BCUT2D eigenvalue weighted by Gasteiger charge is -2.05. The van der Waals surface area contributed by atoms with Crippen LogP contribution in [0.2, 0.25) is 5.02 Å². The Morgan fingerprint density at radius 3 is 2.80 bits per heavy atom. The summed E-state index contributed by atoms with van der Waals surface area (Å²) in [7, 11) is 0. The Kier molecular flexibility index (Phi) is 4.97. The average molecular weight is 359 g/mol. The minimum atomic E-state index is -0.468. The standard InChI is InChI=1S/C17H15ClN4O3/c18-12-4-5-15(19-10-12)22-16(24)9-14(21-22)17(25)20-13-3-1-2-11(8-13)6-7-23/h1-5,8-10,23-24H,6-7H2,(H,20,25). The van der Waals surface area contributed by atoms with E-state index in [1.807, 2.05) is 6.07 Å². The predicted octanol–water partition coefficient (Wildman–Crippen LogP) is 2.41. The number of carbonyl (C=O) groups excluding carboxylic acids is 1. The SMILES string of the molecule is O=C(Nc1cccc(CCO)c1)c1cc(O)n(-c2ccc(Cl)cn2)n1. The maximum Gasteiger partial charge on any atom is 0.276 e. The van der Waals surface area contributed by atoms with E-state index in [0.717, 1.165) is 10.2 Å². The summed E-state index contributed by atoms with van der Waals surface area (Å²) in [5, 5.41) is 26.2. The van der Waals surface area contributed by atoms with Crippen LogP contribution in [-0.4, -0.2) is 37.5 Å². The molecular formula is C17H15ClN4O3. The minimum Gasteiger partial charge on any atom is -0.493 e. The van der Waals surface area contributed by atoms with Gasteiger partial charge in [-0.3, -0.25) is 4.79 Å². The third-order valence-electron chi connectivity index (χ3n) is 3.44. The first-order chi connectivity index (χ1) is 12.1. The van der Waals surface area contributed by atoms with Gasteiger partial charge in [-0.05, 0) is 36.2 Å². The molecule has 0 saturated heterocycles. The number of aromatic hydroxyl groups is 1. The van der Waals surface area contributed by atoms with E-state index in [1.54, 1.807) is 30.3 Å². The largest absolute Gasteiger partial charge is 0.493 e. The fourth-order valence-corrected chi connectivity index (χ4v) is 2.38. The lowest BCUT2D eigenvalue weighted by molar-refractivity contribution is 0.102. The van der Waals surface area contributed by atoms with Crippen LogP contribution in [0.1, 0.15) is 16.1 Å². The van der Waals surface area contributed by atoms with Crippen molar-refractivity contribution in [1.82, 2.24) is 14.8 Å². The zero-order chi connectivity index (χ0) is 17.8. The van der Waals surface area contributed by atoms with Crippen LogP contribution < -0.4 is 5.32 Å². The number of hydrogen-bond donors (Lipinski definition) is 3. The highest BCUT2D eigenvalue weighted by atomic mass is 35.5. The zero-order valence-corrected chi connectivity index (χ0v) is 13.8. The molecule has 0 spiro atoms. The maximum absolute atomic E-state index is 12.3. The molecule has 8 heteroatoms. The van der Waals surface area contributed by atoms with E-state index in [1.165, 1.54) is 12.3 Å². The van der Waals surface area contributed by atoms with Gasteiger partial charge in [0.15, 0.2) is 11.5 Å². The smallest absolute Gasteiger partial charge is 0.276 e. The van der Waals surface area contributed by atoms with Crippen molar-refractivity contribution >= 4 is 23.2 Å². The number of amides is 1. The van der Waals surface area contributed by atoms with Gasteiger partial charge in [0.1, 0.15) is 0 Å². The second-order valence-corrected chi connectivity index (χ2v) is 5.70. The molecule has 0 bridgehead atoms. The lowest BCUT2D eigenvalue weighted by atomic mass is 10.1. The maximum atomic E-state index is 12.3. The van der Waals surface area contributed by atoms with Gasteiger partial charge < -0.3 is 15.5 Å². The molecule has 2 aromatic heterocycles. The van der Waals surface area contributed by atoms with E-state index in [-0.39, 0.29) is 18.2 Å². The van der Waals surface area contributed by atoms with Crippen LogP contribution in [0.4, 0.5) is 5.69 Å². The van der Waals surface area contributed by atoms with Gasteiger partial charge in [0.05, 0.1) is 5.02 Å². The molecule has 0 atom stereocenters. The molecule has 0 saturated carbocycles. The summed E-state index contributed by atoms with van der Waals surface area (Å²) in [4.78, 5) is 16.4. The first kappa shape index (κ1) is 16.9. The Morgan fingerprint density at radius 2 is 2.08 bits per heavy atom. The van der Waals surface area contributed by atoms with E-state index in [2.05, 4.69) is 15.4 Å². The average Bonchev–Trinajstić information content (AvgIpc) is 2.98. The van der Waals surface area contributed by atoms with Gasteiger partial charge in [0.2, 0.25) is 5.88 Å². The van der Waals surface area contributed by atoms with Gasteiger partial charge in [-0.25, -0.2) is 4.98 Å². The molecule has 0 aliphatic heterocycles. The van der Waals surface area contributed by atoms with E-state index in [9.17, 15) is 9.90 Å². The Labute approximate surface area is 148 Å². The van der Waals surface area contributed by atoms with Crippen molar-refractivity contribution in [3.05, 3.63) is 64.9 Å². The summed E-state index contributed by atoms with van der Waals surface area (Å²) in [6.07, 6.45) is 1.92. The van der Waals surface area contributed by atoms with Crippen LogP contribution in [-0.2, 0) is 6.42 Å². The number of hydrogen-bond acceptors (Lipinski definition) is 5. The Balaban J connectivity index is 1.80. The summed E-state index contributed by atoms with van der Waals surface area (Å²) in [5.41, 5.74) is 1.52. The monoisotopic (exact) mass is 358 g/mol. The van der Waals surface area contributed by atoms with Gasteiger partial charge in [-0.15, -0.1) is 0 Å². The number of aliphatic hydroxyl groups excluding tert-OH is 1. The number of carbonyl (C=O) groups is 1. The number of anilines is 1. The van der Waals surface area contributed by atoms with Gasteiger partial charge in [0, 0.05) is 24.6 Å². The highest BCUT2D eigenvalue weighted by Crippen LogP contribution is 2.19. The Bertz CT molecular complexity index is 893. The zero-order valence-electron chi connectivity index (χ0n) is 13.1. The van der Waals surface area contributed by atoms with Crippen LogP contribution in [0, 0.1) is 0 Å². The molecule has 0 unspecified atom stereocenters. The van der Waals surface area contributed by atoms with Crippen molar-refractivity contribution in [3.8, 4) is 11.7 Å². The van der Waals surface area contributed by atoms with Gasteiger partial charge >= 0.3 is 0 Å². The molecule has 2 heterocycles. The summed E-state index contributed by atoms with van der Waals surface area (Å²) >= 11 is 5.79. The van der Waals surface area contributed by atoms with Gasteiger partial charge in [-0.1, -0.05) is 23.7 Å². The number of halogens is 1. The summed E-state index contributed by atoms with van der Waals surface area (Å²) in [5.74, 6) is -0.343. The van der Waals surface area contributed by atoms with Crippen LogP contribution in [0.3, 0.4) is 0 Å². The first-order valence-electron chi connectivity index (χ1n) is 7.49. The number of aromatic nitrogens is 3. The quantitative estimate of drug-likeness (QED) is 0.650.